The first-order valence-corrected chi connectivity index (χ1v) is 6.47. The fraction of sp³-hybridized carbons (Fsp3) is 0.429. The summed E-state index contributed by atoms with van der Waals surface area (Å²) in [5.74, 6) is 0.770. The number of rotatable bonds is 3. The number of hydrogen-bond acceptors (Lipinski definition) is 3. The van der Waals surface area contributed by atoms with Gasteiger partial charge < -0.3 is 5.32 Å². The van der Waals surface area contributed by atoms with Crippen LogP contribution in [0.15, 0.2) is 30.6 Å². The van der Waals surface area contributed by atoms with Crippen molar-refractivity contribution in [1.29, 1.82) is 0 Å². The van der Waals surface area contributed by atoms with Crippen molar-refractivity contribution in [2.45, 2.75) is 12.8 Å². The molecular formula is C14H18N4. The summed E-state index contributed by atoms with van der Waals surface area (Å²) >= 11 is 0. The second-order valence-electron chi connectivity index (χ2n) is 4.95. The van der Waals surface area contributed by atoms with Crippen molar-refractivity contribution >= 4 is 0 Å². The molecule has 4 nitrogen and oxygen atoms in total. The van der Waals surface area contributed by atoms with Gasteiger partial charge in [-0.2, -0.15) is 5.10 Å². The molecule has 3 heterocycles. The normalized spacial score (nSPS) is 19.3. The quantitative estimate of drug-likeness (QED) is 0.889. The first-order chi connectivity index (χ1) is 8.83. The molecule has 0 unspecified atom stereocenters. The molecule has 1 aliphatic heterocycles. The molecule has 0 saturated carbocycles. The van der Waals surface area contributed by atoms with Crippen LogP contribution in [0.2, 0.25) is 0 Å². The van der Waals surface area contributed by atoms with Gasteiger partial charge in [0.1, 0.15) is 0 Å². The lowest BCUT2D eigenvalue weighted by Gasteiger charge is -2.09. The van der Waals surface area contributed by atoms with Crippen LogP contribution in [-0.2, 0) is 13.5 Å². The average molecular weight is 242 g/mol. The molecule has 1 N–H and O–H groups in total. The third-order valence-electron chi connectivity index (χ3n) is 3.59. The molecule has 2 aromatic heterocycles. The van der Waals surface area contributed by atoms with E-state index in [9.17, 15) is 0 Å². The monoisotopic (exact) mass is 242 g/mol. The predicted molar refractivity (Wildman–Crippen MR) is 71.1 cm³/mol. The Bertz CT molecular complexity index is 526. The molecule has 2 aromatic rings. The highest BCUT2D eigenvalue weighted by atomic mass is 15.3. The maximum Gasteiger partial charge on any atom is 0.0885 e. The van der Waals surface area contributed by atoms with Crippen LogP contribution >= 0.6 is 0 Å². The Balaban J connectivity index is 1.82. The minimum absolute atomic E-state index is 0.770. The average Bonchev–Trinajstić information content (AvgIpc) is 3.01. The second-order valence-corrected chi connectivity index (χ2v) is 4.95. The first kappa shape index (κ1) is 11.4. The van der Waals surface area contributed by atoms with E-state index in [1.807, 2.05) is 30.2 Å². The third kappa shape index (κ3) is 2.29. The van der Waals surface area contributed by atoms with E-state index in [1.165, 1.54) is 12.0 Å². The maximum atomic E-state index is 4.44. The highest BCUT2D eigenvalue weighted by molar-refractivity contribution is 5.54. The van der Waals surface area contributed by atoms with E-state index in [1.54, 1.807) is 0 Å². The van der Waals surface area contributed by atoms with E-state index < -0.39 is 0 Å². The van der Waals surface area contributed by atoms with Crippen LogP contribution in [0.3, 0.4) is 0 Å². The summed E-state index contributed by atoms with van der Waals surface area (Å²) in [6, 6.07) is 6.32. The number of nitrogens with one attached hydrogen (secondary N) is 1. The number of hydrogen-bond donors (Lipinski definition) is 1. The van der Waals surface area contributed by atoms with E-state index in [2.05, 4.69) is 27.5 Å². The van der Waals surface area contributed by atoms with Gasteiger partial charge in [-0.25, -0.2) is 0 Å². The van der Waals surface area contributed by atoms with Crippen molar-refractivity contribution < 1.29 is 0 Å². The zero-order valence-corrected chi connectivity index (χ0v) is 10.6. The van der Waals surface area contributed by atoms with Gasteiger partial charge in [0, 0.05) is 19.4 Å². The molecule has 0 amide bonds. The second kappa shape index (κ2) is 4.90. The molecule has 0 bridgehead atoms. The van der Waals surface area contributed by atoms with E-state index >= 15 is 0 Å². The smallest absolute Gasteiger partial charge is 0.0885 e. The van der Waals surface area contributed by atoms with Crippen LogP contribution in [0, 0.1) is 5.92 Å². The molecule has 0 radical (unpaired) electrons. The van der Waals surface area contributed by atoms with E-state index in [4.69, 9.17) is 0 Å². The largest absolute Gasteiger partial charge is 0.316 e. The highest BCUT2D eigenvalue weighted by Crippen LogP contribution is 2.20. The molecule has 3 rings (SSSR count). The molecule has 0 aliphatic carbocycles. The van der Waals surface area contributed by atoms with E-state index in [0.29, 0.717) is 0 Å². The lowest BCUT2D eigenvalue weighted by atomic mass is 9.99. The predicted octanol–water partition coefficient (Wildman–Crippen LogP) is 1.63. The number of aromatic nitrogens is 3. The molecule has 1 fully saturated rings. The number of aryl methyl sites for hydroxylation is 1. The minimum Gasteiger partial charge on any atom is -0.316 e. The highest BCUT2D eigenvalue weighted by Gasteiger charge is 2.15. The van der Waals surface area contributed by atoms with Crippen LogP contribution in [0.25, 0.3) is 11.4 Å². The first-order valence-electron chi connectivity index (χ1n) is 6.47. The summed E-state index contributed by atoms with van der Waals surface area (Å²) in [7, 11) is 1.95. The number of nitrogens with zero attached hydrogens (tertiary/aromatic N) is 3. The van der Waals surface area contributed by atoms with Crippen LogP contribution < -0.4 is 5.32 Å². The SMILES string of the molecule is Cn1nccc1-c1cc(C[C@@H]2CCNC2)ccn1. The summed E-state index contributed by atoms with van der Waals surface area (Å²) in [6.45, 7) is 2.30. The molecule has 4 heteroatoms. The zero-order valence-electron chi connectivity index (χ0n) is 10.6. The van der Waals surface area contributed by atoms with Crippen LogP contribution in [0.5, 0.6) is 0 Å². The summed E-state index contributed by atoms with van der Waals surface area (Å²) in [4.78, 5) is 4.44. The van der Waals surface area contributed by atoms with Crippen molar-refractivity contribution in [3.63, 3.8) is 0 Å². The van der Waals surface area contributed by atoms with E-state index in [-0.39, 0.29) is 0 Å². The summed E-state index contributed by atoms with van der Waals surface area (Å²) in [6.07, 6.45) is 6.13. The Morgan fingerprint density at radius 2 is 2.33 bits per heavy atom. The molecule has 94 valence electrons. The maximum absolute atomic E-state index is 4.44. The Hall–Kier alpha value is -1.68. The fourth-order valence-corrected chi connectivity index (χ4v) is 2.59. The molecule has 18 heavy (non-hydrogen) atoms. The standard InChI is InChI=1S/C14H18N4/c1-18-14(4-7-17-18)13-9-11(3-6-16-13)8-12-2-5-15-10-12/h3-4,6-7,9,12,15H,2,5,8,10H2,1H3/t12-/m0/s1. The van der Waals surface area contributed by atoms with Gasteiger partial charge in [0.2, 0.25) is 0 Å². The van der Waals surface area contributed by atoms with Crippen molar-refractivity contribution in [2.75, 3.05) is 13.1 Å². The topological polar surface area (TPSA) is 42.7 Å². The fourth-order valence-electron chi connectivity index (χ4n) is 2.59. The Kier molecular flexibility index (Phi) is 3.11. The lowest BCUT2D eigenvalue weighted by molar-refractivity contribution is 0.580. The zero-order chi connectivity index (χ0) is 12.4. The lowest BCUT2D eigenvalue weighted by Crippen LogP contribution is -2.10. The summed E-state index contributed by atoms with van der Waals surface area (Å²) in [5, 5.41) is 7.61. The van der Waals surface area contributed by atoms with Crippen LogP contribution in [0.4, 0.5) is 0 Å². The molecule has 1 atom stereocenters. The van der Waals surface area contributed by atoms with Gasteiger partial charge in [0.25, 0.3) is 0 Å². The van der Waals surface area contributed by atoms with Gasteiger partial charge in [0.05, 0.1) is 11.4 Å². The Morgan fingerprint density at radius 3 is 3.06 bits per heavy atom. The van der Waals surface area contributed by atoms with Crippen molar-refractivity contribution in [3.8, 4) is 11.4 Å². The van der Waals surface area contributed by atoms with Gasteiger partial charge in [-0.15, -0.1) is 0 Å². The summed E-state index contributed by atoms with van der Waals surface area (Å²) in [5.41, 5.74) is 3.45. The van der Waals surface area contributed by atoms with Crippen molar-refractivity contribution in [2.24, 2.45) is 13.0 Å². The van der Waals surface area contributed by atoms with Gasteiger partial charge in [-0.05, 0) is 55.6 Å². The Labute approximate surface area is 107 Å². The van der Waals surface area contributed by atoms with Gasteiger partial charge in [-0.1, -0.05) is 0 Å². The van der Waals surface area contributed by atoms with Gasteiger partial charge in [-0.3, -0.25) is 9.67 Å². The van der Waals surface area contributed by atoms with Crippen molar-refractivity contribution in [1.82, 2.24) is 20.1 Å². The molecule has 0 spiro atoms. The third-order valence-corrected chi connectivity index (χ3v) is 3.59. The summed E-state index contributed by atoms with van der Waals surface area (Å²) < 4.78 is 1.86. The molecule has 1 saturated heterocycles. The molecule has 0 aromatic carbocycles. The minimum atomic E-state index is 0.770. The van der Waals surface area contributed by atoms with Crippen LogP contribution in [0.1, 0.15) is 12.0 Å². The van der Waals surface area contributed by atoms with Gasteiger partial charge >= 0.3 is 0 Å². The number of pyridine rings is 1. The van der Waals surface area contributed by atoms with Crippen molar-refractivity contribution in [3.05, 3.63) is 36.2 Å². The molecule has 1 aliphatic rings. The molecular weight excluding hydrogens is 224 g/mol. The Morgan fingerprint density at radius 1 is 1.39 bits per heavy atom. The van der Waals surface area contributed by atoms with E-state index in [0.717, 1.165) is 36.8 Å². The van der Waals surface area contributed by atoms with Crippen LogP contribution in [-0.4, -0.2) is 27.9 Å². The van der Waals surface area contributed by atoms with Gasteiger partial charge in [0.15, 0.2) is 0 Å².